The summed E-state index contributed by atoms with van der Waals surface area (Å²) < 4.78 is 12.1. The molecule has 0 fully saturated rings. The molecule has 4 heteroatoms. The maximum atomic E-state index is 10.2. The first-order valence-electron chi connectivity index (χ1n) is 4.85. The second kappa shape index (κ2) is 5.41. The first-order chi connectivity index (χ1) is 7.90. The summed E-state index contributed by atoms with van der Waals surface area (Å²) in [5, 5.41) is 0. The van der Waals surface area contributed by atoms with E-state index in [1.54, 1.807) is 12.4 Å². The molecule has 0 atom stereocenters. The van der Waals surface area contributed by atoms with Crippen LogP contribution in [-0.2, 0) is 11.1 Å². The molecule has 0 aliphatic rings. The molecule has 0 radical (unpaired) electrons. The zero-order valence-electron chi connectivity index (χ0n) is 8.58. The van der Waals surface area contributed by atoms with Crippen molar-refractivity contribution in [3.63, 3.8) is 0 Å². The Morgan fingerprint density at radius 2 is 1.75 bits per heavy atom. The Kier molecular flexibility index (Phi) is 3.66. The van der Waals surface area contributed by atoms with E-state index in [9.17, 15) is 4.57 Å². The summed E-state index contributed by atoms with van der Waals surface area (Å²) >= 11 is 0. The molecule has 3 nitrogen and oxygen atoms in total. The van der Waals surface area contributed by atoms with Crippen molar-refractivity contribution in [1.82, 2.24) is 4.98 Å². The standard InChI is InChI=1S/C12H10N2OP/c15-16-10-9-14-7-3-12(4-8-14)11-1-5-13-6-2-11/h1-8H,9H2/q+1. The second-order valence-corrected chi connectivity index (χ2v) is 3.74. The van der Waals surface area contributed by atoms with Gasteiger partial charge in [0.15, 0.2) is 0 Å². The Labute approximate surface area is 94.9 Å². The van der Waals surface area contributed by atoms with Gasteiger partial charge in [0.05, 0.1) is 0 Å². The van der Waals surface area contributed by atoms with Gasteiger partial charge in [0.2, 0.25) is 0 Å². The van der Waals surface area contributed by atoms with Crippen molar-refractivity contribution in [3.05, 3.63) is 49.1 Å². The second-order valence-electron chi connectivity index (χ2n) is 3.24. The van der Waals surface area contributed by atoms with E-state index in [4.69, 9.17) is 0 Å². The van der Waals surface area contributed by atoms with Gasteiger partial charge in [0.1, 0.15) is 0 Å². The molecule has 0 aromatic carbocycles. The van der Waals surface area contributed by atoms with Crippen molar-refractivity contribution >= 4 is 7.92 Å². The molecule has 0 unspecified atom stereocenters. The van der Waals surface area contributed by atoms with E-state index >= 15 is 0 Å². The average molecular weight is 229 g/mol. The quantitative estimate of drug-likeness (QED) is 0.584. The third kappa shape index (κ3) is 2.66. The van der Waals surface area contributed by atoms with E-state index in [1.807, 2.05) is 41.2 Å². The van der Waals surface area contributed by atoms with Gasteiger partial charge >= 0.3 is 94.4 Å². The van der Waals surface area contributed by atoms with Crippen LogP contribution in [-0.4, -0.2) is 4.98 Å². The predicted molar refractivity (Wildman–Crippen MR) is 61.4 cm³/mol. The van der Waals surface area contributed by atoms with Crippen molar-refractivity contribution in [1.29, 1.82) is 0 Å². The fourth-order valence-electron chi connectivity index (χ4n) is 1.41. The Morgan fingerprint density at radius 1 is 1.12 bits per heavy atom. The van der Waals surface area contributed by atoms with Crippen LogP contribution in [0.5, 0.6) is 0 Å². The van der Waals surface area contributed by atoms with Gasteiger partial charge in [-0.1, -0.05) is 0 Å². The van der Waals surface area contributed by atoms with Gasteiger partial charge in [-0.3, -0.25) is 0 Å². The monoisotopic (exact) mass is 229 g/mol. The molecule has 0 saturated carbocycles. The molecule has 0 saturated heterocycles. The molecule has 0 bridgehead atoms. The molecule has 2 rings (SSSR count). The van der Waals surface area contributed by atoms with Crippen LogP contribution in [0.1, 0.15) is 0 Å². The number of pyridine rings is 2. The van der Waals surface area contributed by atoms with Gasteiger partial charge in [0, 0.05) is 0 Å². The molecule has 16 heavy (non-hydrogen) atoms. The molecule has 0 N–H and O–H groups in total. The van der Waals surface area contributed by atoms with Gasteiger partial charge in [-0.15, -0.1) is 0 Å². The SMILES string of the molecule is O=P#CC[n+]1ccc(-c2ccncc2)cc1. The first kappa shape index (κ1) is 10.8. The summed E-state index contributed by atoms with van der Waals surface area (Å²) in [4.78, 5) is 3.98. The molecular formula is C12H10N2OP+. The van der Waals surface area contributed by atoms with E-state index in [1.165, 1.54) is 0 Å². The molecule has 78 valence electrons. The first-order valence-corrected chi connectivity index (χ1v) is 5.66. The van der Waals surface area contributed by atoms with E-state index < -0.39 is 0 Å². The summed E-state index contributed by atoms with van der Waals surface area (Å²) in [5.74, 6) is 0. The summed E-state index contributed by atoms with van der Waals surface area (Å²) in [6.07, 6.45) is 7.42. The van der Waals surface area contributed by atoms with Crippen LogP contribution in [0.25, 0.3) is 11.1 Å². The van der Waals surface area contributed by atoms with E-state index in [0.29, 0.717) is 6.54 Å². The summed E-state index contributed by atoms with van der Waals surface area (Å²) in [5.41, 5.74) is 4.97. The van der Waals surface area contributed by atoms with Gasteiger partial charge in [-0.05, 0) is 0 Å². The number of nitrogens with zero attached hydrogens (tertiary/aromatic N) is 2. The van der Waals surface area contributed by atoms with Crippen molar-refractivity contribution < 1.29 is 9.13 Å². The zero-order chi connectivity index (χ0) is 11.2. The minimum atomic E-state index is -0.0539. The van der Waals surface area contributed by atoms with Gasteiger partial charge in [-0.25, -0.2) is 0 Å². The van der Waals surface area contributed by atoms with Crippen LogP contribution in [0.2, 0.25) is 0 Å². The fraction of sp³-hybridized carbons (Fsp3) is 0.0833. The number of rotatable bonds is 2. The number of aromatic nitrogens is 2. The Bertz CT molecular complexity index is 561. The number of hydrogen-bond donors (Lipinski definition) is 0. The summed E-state index contributed by atoms with van der Waals surface area (Å²) in [6, 6.07) is 7.96. The van der Waals surface area contributed by atoms with Crippen LogP contribution in [0.15, 0.2) is 49.1 Å². The van der Waals surface area contributed by atoms with Crippen LogP contribution in [0.4, 0.5) is 0 Å². The number of hydrogen-bond acceptors (Lipinski definition) is 2. The molecular weight excluding hydrogens is 219 g/mol. The van der Waals surface area contributed by atoms with E-state index in [2.05, 4.69) is 10.6 Å². The summed E-state index contributed by atoms with van der Waals surface area (Å²) in [7, 11) is -0.0539. The third-order valence-electron chi connectivity index (χ3n) is 2.22. The predicted octanol–water partition coefficient (Wildman–Crippen LogP) is 2.29. The molecule has 2 heterocycles. The van der Waals surface area contributed by atoms with Crippen LogP contribution in [0.3, 0.4) is 0 Å². The van der Waals surface area contributed by atoms with Gasteiger partial charge in [-0.2, -0.15) is 0 Å². The maximum absolute atomic E-state index is 10.2. The molecule has 0 aliphatic heterocycles. The van der Waals surface area contributed by atoms with Crippen LogP contribution in [0, 0.1) is 5.63 Å². The van der Waals surface area contributed by atoms with E-state index in [-0.39, 0.29) is 7.92 Å². The minimum absolute atomic E-state index is 0.0539. The van der Waals surface area contributed by atoms with Gasteiger partial charge in [0.25, 0.3) is 0 Å². The van der Waals surface area contributed by atoms with Gasteiger partial charge < -0.3 is 0 Å². The Hall–Kier alpha value is -1.69. The van der Waals surface area contributed by atoms with Crippen LogP contribution < -0.4 is 4.57 Å². The topological polar surface area (TPSA) is 33.8 Å². The van der Waals surface area contributed by atoms with Crippen LogP contribution >= 0.6 is 7.92 Å². The molecule has 0 amide bonds. The van der Waals surface area contributed by atoms with Crippen molar-refractivity contribution in [2.24, 2.45) is 0 Å². The average Bonchev–Trinajstić information content (AvgIpc) is 2.38. The van der Waals surface area contributed by atoms with Crippen molar-refractivity contribution in [2.75, 3.05) is 0 Å². The normalized spacial score (nSPS) is 9.50. The molecule has 2 aromatic rings. The van der Waals surface area contributed by atoms with E-state index in [0.717, 1.165) is 11.1 Å². The zero-order valence-corrected chi connectivity index (χ0v) is 9.47. The Morgan fingerprint density at radius 3 is 2.38 bits per heavy atom. The Balaban J connectivity index is 2.25. The van der Waals surface area contributed by atoms with Crippen molar-refractivity contribution in [2.45, 2.75) is 6.54 Å². The molecule has 2 aromatic heterocycles. The molecule has 0 spiro atoms. The van der Waals surface area contributed by atoms with Crippen molar-refractivity contribution in [3.8, 4) is 16.8 Å². The molecule has 0 aliphatic carbocycles. The third-order valence-corrected chi connectivity index (χ3v) is 2.49. The summed E-state index contributed by atoms with van der Waals surface area (Å²) in [6.45, 7) is 0.529. The fourth-order valence-corrected chi connectivity index (χ4v) is 1.63.